The number of hydrogen-bond acceptors (Lipinski definition) is 2. The number of nitrogens with one attached hydrogen (secondary N) is 1. The average molecular weight is 238 g/mol. The summed E-state index contributed by atoms with van der Waals surface area (Å²) >= 11 is 0. The first-order valence-electron chi connectivity index (χ1n) is 7.10. The molecule has 0 radical (unpaired) electrons. The van der Waals surface area contributed by atoms with Crippen LogP contribution >= 0.6 is 0 Å². The normalized spacial score (nSPS) is 34.4. The molecule has 3 unspecified atom stereocenters. The molecule has 3 atom stereocenters. The van der Waals surface area contributed by atoms with Crippen LogP contribution in [0.2, 0.25) is 0 Å². The van der Waals surface area contributed by atoms with Gasteiger partial charge in [-0.3, -0.25) is 4.79 Å². The van der Waals surface area contributed by atoms with Crippen molar-refractivity contribution in [3.63, 3.8) is 0 Å². The number of carbonyl (C=O) groups is 1. The van der Waals surface area contributed by atoms with E-state index in [1.54, 1.807) is 0 Å². The van der Waals surface area contributed by atoms with Crippen LogP contribution in [-0.2, 0) is 4.79 Å². The lowest BCUT2D eigenvalue weighted by Gasteiger charge is -2.34. The Morgan fingerprint density at radius 1 is 1.35 bits per heavy atom. The Morgan fingerprint density at radius 2 is 2.12 bits per heavy atom. The fourth-order valence-electron chi connectivity index (χ4n) is 3.34. The van der Waals surface area contributed by atoms with Crippen molar-refractivity contribution in [1.29, 1.82) is 0 Å². The van der Waals surface area contributed by atoms with Gasteiger partial charge in [-0.25, -0.2) is 0 Å². The van der Waals surface area contributed by atoms with E-state index in [0.717, 1.165) is 26.1 Å². The van der Waals surface area contributed by atoms with E-state index in [4.69, 9.17) is 0 Å². The van der Waals surface area contributed by atoms with Crippen LogP contribution in [0.1, 0.15) is 40.0 Å². The van der Waals surface area contributed by atoms with Crippen molar-refractivity contribution in [1.82, 2.24) is 10.2 Å². The summed E-state index contributed by atoms with van der Waals surface area (Å²) in [6.07, 6.45) is 3.44. The molecular formula is C14H26N2O. The predicted octanol–water partition coefficient (Wildman–Crippen LogP) is 1.88. The van der Waals surface area contributed by atoms with Crippen LogP contribution < -0.4 is 5.32 Å². The van der Waals surface area contributed by atoms with Gasteiger partial charge in [0.1, 0.15) is 0 Å². The number of likely N-dealkylation sites (tertiary alicyclic amines) is 1. The molecule has 0 bridgehead atoms. The molecule has 2 rings (SSSR count). The number of piperidine rings is 1. The Hall–Kier alpha value is -0.570. The molecule has 2 saturated heterocycles. The van der Waals surface area contributed by atoms with Crippen molar-refractivity contribution in [3.8, 4) is 0 Å². The third-order valence-corrected chi connectivity index (χ3v) is 4.27. The van der Waals surface area contributed by atoms with Crippen LogP contribution in [-0.4, -0.2) is 36.5 Å². The molecule has 0 aliphatic carbocycles. The largest absolute Gasteiger partial charge is 0.339 e. The molecule has 2 aliphatic heterocycles. The molecule has 0 aromatic rings. The Morgan fingerprint density at radius 3 is 2.76 bits per heavy atom. The summed E-state index contributed by atoms with van der Waals surface area (Å²) in [5.74, 6) is 1.85. The molecule has 0 spiro atoms. The molecule has 0 aromatic heterocycles. The van der Waals surface area contributed by atoms with Gasteiger partial charge in [0.2, 0.25) is 5.91 Å². The SMILES string of the molecule is CC1CNCC(C(=O)N2CCCC2C(C)C)C1. The van der Waals surface area contributed by atoms with Crippen molar-refractivity contribution in [3.05, 3.63) is 0 Å². The molecule has 17 heavy (non-hydrogen) atoms. The Labute approximate surface area is 105 Å². The van der Waals surface area contributed by atoms with Gasteiger partial charge in [-0.05, 0) is 37.6 Å². The molecule has 1 amide bonds. The fourth-order valence-corrected chi connectivity index (χ4v) is 3.34. The highest BCUT2D eigenvalue weighted by Gasteiger charge is 2.35. The molecule has 3 heteroatoms. The fraction of sp³-hybridized carbons (Fsp3) is 0.929. The highest BCUT2D eigenvalue weighted by atomic mass is 16.2. The van der Waals surface area contributed by atoms with Crippen LogP contribution in [0.3, 0.4) is 0 Å². The van der Waals surface area contributed by atoms with Gasteiger partial charge in [0.05, 0.1) is 5.92 Å². The zero-order valence-electron chi connectivity index (χ0n) is 11.4. The van der Waals surface area contributed by atoms with E-state index < -0.39 is 0 Å². The summed E-state index contributed by atoms with van der Waals surface area (Å²) in [6.45, 7) is 9.63. The van der Waals surface area contributed by atoms with Crippen LogP contribution in [0.25, 0.3) is 0 Å². The Balaban J connectivity index is 1.98. The molecule has 3 nitrogen and oxygen atoms in total. The van der Waals surface area contributed by atoms with Crippen LogP contribution in [0.15, 0.2) is 0 Å². The number of hydrogen-bond donors (Lipinski definition) is 1. The first-order chi connectivity index (χ1) is 8.09. The molecule has 0 saturated carbocycles. The second kappa shape index (κ2) is 5.38. The third kappa shape index (κ3) is 2.82. The van der Waals surface area contributed by atoms with Gasteiger partial charge in [-0.15, -0.1) is 0 Å². The van der Waals surface area contributed by atoms with E-state index in [-0.39, 0.29) is 5.92 Å². The molecule has 0 aromatic carbocycles. The van der Waals surface area contributed by atoms with Gasteiger partial charge in [-0.2, -0.15) is 0 Å². The number of rotatable bonds is 2. The summed E-state index contributed by atoms with van der Waals surface area (Å²) in [4.78, 5) is 14.7. The minimum atomic E-state index is 0.220. The van der Waals surface area contributed by atoms with E-state index in [0.29, 0.717) is 23.8 Å². The maximum atomic E-state index is 12.5. The maximum absolute atomic E-state index is 12.5. The van der Waals surface area contributed by atoms with Gasteiger partial charge < -0.3 is 10.2 Å². The monoisotopic (exact) mass is 238 g/mol. The van der Waals surface area contributed by atoms with E-state index >= 15 is 0 Å². The average Bonchev–Trinajstić information content (AvgIpc) is 2.77. The van der Waals surface area contributed by atoms with Gasteiger partial charge in [0.25, 0.3) is 0 Å². The van der Waals surface area contributed by atoms with Gasteiger partial charge in [-0.1, -0.05) is 20.8 Å². The van der Waals surface area contributed by atoms with Crippen LogP contribution in [0, 0.1) is 17.8 Å². The Kier molecular flexibility index (Phi) is 4.08. The van der Waals surface area contributed by atoms with Gasteiger partial charge in [0.15, 0.2) is 0 Å². The highest BCUT2D eigenvalue weighted by molar-refractivity contribution is 5.79. The number of amides is 1. The first-order valence-corrected chi connectivity index (χ1v) is 7.10. The molecule has 2 fully saturated rings. The zero-order valence-corrected chi connectivity index (χ0v) is 11.4. The topological polar surface area (TPSA) is 32.3 Å². The van der Waals surface area contributed by atoms with Crippen molar-refractivity contribution in [2.24, 2.45) is 17.8 Å². The summed E-state index contributed by atoms with van der Waals surface area (Å²) in [5.41, 5.74) is 0. The third-order valence-electron chi connectivity index (χ3n) is 4.27. The van der Waals surface area contributed by atoms with E-state index in [9.17, 15) is 4.79 Å². The molecular weight excluding hydrogens is 212 g/mol. The second-order valence-electron chi connectivity index (χ2n) is 6.18. The highest BCUT2D eigenvalue weighted by Crippen LogP contribution is 2.27. The molecule has 2 heterocycles. The molecule has 1 N–H and O–H groups in total. The summed E-state index contributed by atoms with van der Waals surface area (Å²) < 4.78 is 0. The number of carbonyl (C=O) groups excluding carboxylic acids is 1. The quantitative estimate of drug-likeness (QED) is 0.796. The predicted molar refractivity (Wildman–Crippen MR) is 69.7 cm³/mol. The van der Waals surface area contributed by atoms with Crippen molar-refractivity contribution in [2.45, 2.75) is 46.1 Å². The lowest BCUT2D eigenvalue weighted by Crippen LogP contribution is -2.47. The second-order valence-corrected chi connectivity index (χ2v) is 6.18. The maximum Gasteiger partial charge on any atom is 0.227 e. The zero-order chi connectivity index (χ0) is 12.4. The van der Waals surface area contributed by atoms with Crippen molar-refractivity contribution >= 4 is 5.91 Å². The molecule has 2 aliphatic rings. The number of nitrogens with zero attached hydrogens (tertiary/aromatic N) is 1. The lowest BCUT2D eigenvalue weighted by molar-refractivity contribution is -0.138. The van der Waals surface area contributed by atoms with Crippen LogP contribution in [0.4, 0.5) is 0 Å². The Bertz CT molecular complexity index is 277. The summed E-state index contributed by atoms with van der Waals surface area (Å²) in [6, 6.07) is 0.486. The molecule has 98 valence electrons. The van der Waals surface area contributed by atoms with E-state index in [1.807, 2.05) is 0 Å². The standard InChI is InChI=1S/C14H26N2O/c1-10(2)13-5-4-6-16(13)14(17)12-7-11(3)8-15-9-12/h10-13,15H,4-9H2,1-3H3. The smallest absolute Gasteiger partial charge is 0.227 e. The van der Waals surface area contributed by atoms with Crippen LogP contribution in [0.5, 0.6) is 0 Å². The van der Waals surface area contributed by atoms with E-state index in [1.165, 1.54) is 12.8 Å². The summed E-state index contributed by atoms with van der Waals surface area (Å²) in [7, 11) is 0. The van der Waals surface area contributed by atoms with E-state index in [2.05, 4.69) is 31.0 Å². The van der Waals surface area contributed by atoms with Crippen molar-refractivity contribution in [2.75, 3.05) is 19.6 Å². The minimum absolute atomic E-state index is 0.220. The van der Waals surface area contributed by atoms with Crippen molar-refractivity contribution < 1.29 is 4.79 Å². The van der Waals surface area contributed by atoms with Gasteiger partial charge >= 0.3 is 0 Å². The minimum Gasteiger partial charge on any atom is -0.339 e. The van der Waals surface area contributed by atoms with Gasteiger partial charge in [0, 0.05) is 19.1 Å². The lowest BCUT2D eigenvalue weighted by atomic mass is 9.90. The first kappa shape index (κ1) is 12.9. The summed E-state index contributed by atoms with van der Waals surface area (Å²) in [5, 5.41) is 3.39.